The summed E-state index contributed by atoms with van der Waals surface area (Å²) in [6, 6.07) is 7.89. The highest BCUT2D eigenvalue weighted by molar-refractivity contribution is 14.1. The summed E-state index contributed by atoms with van der Waals surface area (Å²) in [6.07, 6.45) is 1.05. The predicted octanol–water partition coefficient (Wildman–Crippen LogP) is 3.38. The zero-order valence-corrected chi connectivity index (χ0v) is 12.6. The Morgan fingerprint density at radius 2 is 2.35 bits per heavy atom. The molecular formula is C13H15ClINO. The van der Waals surface area contributed by atoms with Gasteiger partial charge in [0, 0.05) is 27.6 Å². The van der Waals surface area contributed by atoms with E-state index in [0.717, 1.165) is 22.1 Å². The first-order valence-corrected chi connectivity index (χ1v) is 7.37. The number of alkyl halides is 1. The molecule has 1 fully saturated rings. The average Bonchev–Trinajstić information content (AvgIpc) is 2.69. The topological polar surface area (TPSA) is 20.3 Å². The predicted molar refractivity (Wildman–Crippen MR) is 78.5 cm³/mol. The van der Waals surface area contributed by atoms with E-state index in [9.17, 15) is 4.79 Å². The van der Waals surface area contributed by atoms with Crippen LogP contribution in [0.3, 0.4) is 0 Å². The molecule has 1 saturated heterocycles. The van der Waals surface area contributed by atoms with Crippen molar-refractivity contribution in [2.45, 2.75) is 19.4 Å². The molecule has 1 aromatic carbocycles. The van der Waals surface area contributed by atoms with Crippen LogP contribution in [0.4, 0.5) is 0 Å². The van der Waals surface area contributed by atoms with E-state index in [0.29, 0.717) is 11.8 Å². The number of halogens is 2. The Bertz CT molecular complexity index is 424. The summed E-state index contributed by atoms with van der Waals surface area (Å²) in [5, 5.41) is 0. The molecule has 92 valence electrons. The van der Waals surface area contributed by atoms with E-state index in [1.165, 1.54) is 0 Å². The van der Waals surface area contributed by atoms with Gasteiger partial charge in [-0.15, -0.1) is 11.6 Å². The lowest BCUT2D eigenvalue weighted by atomic mass is 10.0. The number of likely N-dealkylation sites (tertiary alicyclic amines) is 1. The standard InChI is InChI=1S/C13H15ClINO/c1-9-5-6-16(12(9)8-14)13(17)10-3-2-4-11(15)7-10/h2-4,7,9,12H,5-6,8H2,1H3. The third kappa shape index (κ3) is 2.76. The maximum absolute atomic E-state index is 12.4. The van der Waals surface area contributed by atoms with E-state index in [1.54, 1.807) is 0 Å². The van der Waals surface area contributed by atoms with E-state index in [2.05, 4.69) is 29.5 Å². The molecule has 0 radical (unpaired) electrons. The van der Waals surface area contributed by atoms with Crippen molar-refractivity contribution in [3.63, 3.8) is 0 Å². The minimum absolute atomic E-state index is 0.110. The minimum atomic E-state index is 0.110. The molecule has 1 aliphatic heterocycles. The molecule has 4 heteroatoms. The summed E-state index contributed by atoms with van der Waals surface area (Å²) in [7, 11) is 0. The van der Waals surface area contributed by atoms with E-state index in [-0.39, 0.29) is 11.9 Å². The molecule has 1 aromatic rings. The third-order valence-electron chi connectivity index (χ3n) is 3.37. The van der Waals surface area contributed by atoms with Crippen molar-refractivity contribution in [1.29, 1.82) is 0 Å². The van der Waals surface area contributed by atoms with Crippen molar-refractivity contribution < 1.29 is 4.79 Å². The highest BCUT2D eigenvalue weighted by Gasteiger charge is 2.34. The molecule has 17 heavy (non-hydrogen) atoms. The maximum atomic E-state index is 12.4. The second-order valence-electron chi connectivity index (χ2n) is 4.50. The van der Waals surface area contributed by atoms with Crippen molar-refractivity contribution in [1.82, 2.24) is 4.90 Å². The number of nitrogens with zero attached hydrogens (tertiary/aromatic N) is 1. The van der Waals surface area contributed by atoms with Gasteiger partial charge in [-0.05, 0) is 53.1 Å². The van der Waals surface area contributed by atoms with E-state index < -0.39 is 0 Å². The van der Waals surface area contributed by atoms with Crippen LogP contribution < -0.4 is 0 Å². The van der Waals surface area contributed by atoms with Crippen molar-refractivity contribution >= 4 is 40.1 Å². The van der Waals surface area contributed by atoms with Gasteiger partial charge in [0.15, 0.2) is 0 Å². The van der Waals surface area contributed by atoms with E-state index in [1.807, 2.05) is 29.2 Å². The van der Waals surface area contributed by atoms with Gasteiger partial charge in [0.1, 0.15) is 0 Å². The van der Waals surface area contributed by atoms with Crippen LogP contribution in [0, 0.1) is 9.49 Å². The molecule has 1 heterocycles. The molecular weight excluding hydrogens is 349 g/mol. The fourth-order valence-corrected chi connectivity index (χ4v) is 3.30. The summed E-state index contributed by atoms with van der Waals surface area (Å²) in [5.41, 5.74) is 0.765. The number of benzene rings is 1. The molecule has 2 unspecified atom stereocenters. The van der Waals surface area contributed by atoms with Gasteiger partial charge in [0.25, 0.3) is 5.91 Å². The highest BCUT2D eigenvalue weighted by atomic mass is 127. The van der Waals surface area contributed by atoms with Crippen molar-refractivity contribution in [3.8, 4) is 0 Å². The van der Waals surface area contributed by atoms with E-state index >= 15 is 0 Å². The first-order valence-electron chi connectivity index (χ1n) is 5.76. The van der Waals surface area contributed by atoms with Crippen LogP contribution in [0.25, 0.3) is 0 Å². The first-order chi connectivity index (χ1) is 8.13. The normalized spacial score (nSPS) is 24.1. The fraction of sp³-hybridized carbons (Fsp3) is 0.462. The molecule has 0 saturated carbocycles. The number of amides is 1. The van der Waals surface area contributed by atoms with Crippen LogP contribution in [-0.4, -0.2) is 29.3 Å². The Morgan fingerprint density at radius 3 is 3.00 bits per heavy atom. The smallest absolute Gasteiger partial charge is 0.254 e. The van der Waals surface area contributed by atoms with Crippen LogP contribution in [0.1, 0.15) is 23.7 Å². The minimum Gasteiger partial charge on any atom is -0.334 e. The van der Waals surface area contributed by atoms with Gasteiger partial charge in [0.2, 0.25) is 0 Å². The number of hydrogen-bond donors (Lipinski definition) is 0. The molecule has 0 N–H and O–H groups in total. The Morgan fingerprint density at radius 1 is 1.59 bits per heavy atom. The zero-order chi connectivity index (χ0) is 12.4. The number of carbonyl (C=O) groups is 1. The first kappa shape index (κ1) is 13.1. The van der Waals surface area contributed by atoms with Gasteiger partial charge in [-0.3, -0.25) is 4.79 Å². The van der Waals surface area contributed by atoms with Gasteiger partial charge in [-0.1, -0.05) is 13.0 Å². The van der Waals surface area contributed by atoms with Crippen molar-refractivity contribution in [2.75, 3.05) is 12.4 Å². The van der Waals surface area contributed by atoms with E-state index in [4.69, 9.17) is 11.6 Å². The Hall–Kier alpha value is -0.290. The second-order valence-corrected chi connectivity index (χ2v) is 6.05. The lowest BCUT2D eigenvalue weighted by molar-refractivity contribution is 0.0737. The summed E-state index contributed by atoms with van der Waals surface area (Å²) >= 11 is 8.19. The van der Waals surface area contributed by atoms with Crippen molar-refractivity contribution in [2.24, 2.45) is 5.92 Å². The van der Waals surface area contributed by atoms with Crippen LogP contribution in [0.5, 0.6) is 0 Å². The van der Waals surface area contributed by atoms with Gasteiger partial charge >= 0.3 is 0 Å². The lowest BCUT2D eigenvalue weighted by Crippen LogP contribution is -2.38. The fourth-order valence-electron chi connectivity index (χ4n) is 2.28. The summed E-state index contributed by atoms with van der Waals surface area (Å²) in [4.78, 5) is 14.3. The average molecular weight is 364 g/mol. The Kier molecular flexibility index (Phi) is 4.31. The number of hydrogen-bond acceptors (Lipinski definition) is 1. The number of carbonyl (C=O) groups excluding carboxylic acids is 1. The molecule has 0 aliphatic carbocycles. The van der Waals surface area contributed by atoms with Gasteiger partial charge in [-0.25, -0.2) is 0 Å². The highest BCUT2D eigenvalue weighted by Crippen LogP contribution is 2.26. The Balaban J connectivity index is 2.20. The summed E-state index contributed by atoms with van der Waals surface area (Å²) in [6.45, 7) is 2.98. The Labute approximate surface area is 120 Å². The largest absolute Gasteiger partial charge is 0.334 e. The van der Waals surface area contributed by atoms with Gasteiger partial charge in [-0.2, -0.15) is 0 Å². The van der Waals surface area contributed by atoms with Crippen LogP contribution in [0.15, 0.2) is 24.3 Å². The molecule has 2 atom stereocenters. The zero-order valence-electron chi connectivity index (χ0n) is 9.70. The molecule has 0 spiro atoms. The van der Waals surface area contributed by atoms with Gasteiger partial charge in [0.05, 0.1) is 0 Å². The quantitative estimate of drug-likeness (QED) is 0.583. The van der Waals surface area contributed by atoms with Gasteiger partial charge < -0.3 is 4.90 Å². The lowest BCUT2D eigenvalue weighted by Gasteiger charge is -2.25. The maximum Gasteiger partial charge on any atom is 0.254 e. The number of rotatable bonds is 2. The third-order valence-corrected chi connectivity index (χ3v) is 4.36. The molecule has 2 nitrogen and oxygen atoms in total. The van der Waals surface area contributed by atoms with Crippen molar-refractivity contribution in [3.05, 3.63) is 33.4 Å². The molecule has 1 aliphatic rings. The molecule has 0 bridgehead atoms. The van der Waals surface area contributed by atoms with Crippen LogP contribution in [-0.2, 0) is 0 Å². The monoisotopic (exact) mass is 363 g/mol. The molecule has 0 aromatic heterocycles. The summed E-state index contributed by atoms with van der Waals surface area (Å²) < 4.78 is 1.09. The summed E-state index contributed by atoms with van der Waals surface area (Å²) in [5.74, 6) is 1.13. The molecule has 1 amide bonds. The SMILES string of the molecule is CC1CCN(C(=O)c2cccc(I)c2)C1CCl. The molecule has 2 rings (SSSR count). The second kappa shape index (κ2) is 5.57. The van der Waals surface area contributed by atoms with Crippen LogP contribution >= 0.6 is 34.2 Å². The van der Waals surface area contributed by atoms with Crippen LogP contribution in [0.2, 0.25) is 0 Å².